The van der Waals surface area contributed by atoms with Crippen LogP contribution in [0.5, 0.6) is 5.75 Å². The molecule has 0 saturated carbocycles. The van der Waals surface area contributed by atoms with E-state index >= 15 is 0 Å². The molecule has 0 radical (unpaired) electrons. The van der Waals surface area contributed by atoms with E-state index in [1.807, 2.05) is 22.6 Å². The van der Waals surface area contributed by atoms with E-state index in [-0.39, 0.29) is 6.61 Å². The van der Waals surface area contributed by atoms with Crippen LogP contribution in [0.1, 0.15) is 0 Å². The average Bonchev–Trinajstić information content (AvgIpc) is 2.18. The predicted molar refractivity (Wildman–Crippen MR) is 65.2 cm³/mol. The van der Waals surface area contributed by atoms with Crippen molar-refractivity contribution in [3.63, 3.8) is 0 Å². The van der Waals surface area contributed by atoms with Crippen molar-refractivity contribution in [2.24, 2.45) is 0 Å². The highest BCUT2D eigenvalue weighted by Crippen LogP contribution is 2.17. The Hall–Kier alpha value is -0.930. The second-order valence-corrected chi connectivity index (χ2v) is 3.35. The van der Waals surface area contributed by atoms with Gasteiger partial charge in [-0.2, -0.15) is 0 Å². The molecule has 15 heavy (non-hydrogen) atoms. The van der Waals surface area contributed by atoms with Gasteiger partial charge in [-0.3, -0.25) is 0 Å². The van der Waals surface area contributed by atoms with Gasteiger partial charge in [0.2, 0.25) is 0 Å². The van der Waals surface area contributed by atoms with E-state index in [1.54, 1.807) is 18.2 Å². The van der Waals surface area contributed by atoms with Gasteiger partial charge in [-0.1, -0.05) is 23.6 Å². The zero-order valence-corrected chi connectivity index (χ0v) is 10.4. The number of carbonyl (C=O) groups is 1. The molecule has 1 rings (SSSR count). The van der Waals surface area contributed by atoms with Crippen LogP contribution < -0.4 is 4.74 Å². The first kappa shape index (κ1) is 12.1. The van der Waals surface area contributed by atoms with Gasteiger partial charge in [-0.25, -0.2) is 4.79 Å². The molecule has 5 heteroatoms. The van der Waals surface area contributed by atoms with Crippen LogP contribution in [0.2, 0.25) is 5.02 Å². The Morgan fingerprint density at radius 2 is 2.33 bits per heavy atom. The molecule has 3 nitrogen and oxygen atoms in total. The van der Waals surface area contributed by atoms with Gasteiger partial charge in [0.1, 0.15) is 5.75 Å². The summed E-state index contributed by atoms with van der Waals surface area (Å²) in [4.78, 5) is 11.0. The first-order valence-electron chi connectivity index (χ1n) is 3.91. The first-order chi connectivity index (χ1) is 7.22. The molecule has 1 aromatic rings. The zero-order chi connectivity index (χ0) is 11.1. The van der Waals surface area contributed by atoms with Crippen molar-refractivity contribution in [1.29, 1.82) is 0 Å². The maximum atomic E-state index is 11.0. The third-order valence-electron chi connectivity index (χ3n) is 1.33. The molecular weight excluding hydrogens is 330 g/mol. The predicted octanol–water partition coefficient (Wildman–Crippen LogP) is 3.25. The van der Waals surface area contributed by atoms with Crippen molar-refractivity contribution in [2.45, 2.75) is 0 Å². The van der Waals surface area contributed by atoms with Crippen molar-refractivity contribution in [1.82, 2.24) is 0 Å². The van der Waals surface area contributed by atoms with Crippen LogP contribution in [-0.2, 0) is 4.74 Å². The minimum Gasteiger partial charge on any atom is -0.421 e. The van der Waals surface area contributed by atoms with Gasteiger partial charge in [-0.15, -0.1) is 0 Å². The number of ether oxygens (including phenoxy) is 2. The summed E-state index contributed by atoms with van der Waals surface area (Å²) < 4.78 is 12.0. The Kier molecular flexibility index (Phi) is 5.29. The molecule has 0 atom stereocenters. The zero-order valence-electron chi connectivity index (χ0n) is 7.50. The third kappa shape index (κ3) is 4.91. The molecule has 0 amide bonds. The fourth-order valence-electron chi connectivity index (χ4n) is 0.778. The Labute approximate surface area is 106 Å². The van der Waals surface area contributed by atoms with Crippen molar-refractivity contribution in [3.8, 4) is 15.6 Å². The lowest BCUT2D eigenvalue weighted by molar-refractivity contribution is 0.111. The second-order valence-electron chi connectivity index (χ2n) is 2.37. The standard InChI is InChI=1S/C10H6ClIO3/c11-8-3-1-4-9(7-8)15-10(13)14-6-2-5-12/h1,3-4,7H,6H2. The molecule has 0 aromatic heterocycles. The van der Waals surface area contributed by atoms with E-state index in [2.05, 4.69) is 14.6 Å². The fourth-order valence-corrected chi connectivity index (χ4v) is 1.11. The van der Waals surface area contributed by atoms with Gasteiger partial charge in [0.05, 0.1) is 0 Å². The number of halogens is 2. The van der Waals surface area contributed by atoms with Gasteiger partial charge in [0.25, 0.3) is 0 Å². The number of carbonyl (C=O) groups excluding carboxylic acids is 1. The lowest BCUT2D eigenvalue weighted by Gasteiger charge is -2.02. The highest BCUT2D eigenvalue weighted by atomic mass is 127. The maximum Gasteiger partial charge on any atom is 0.514 e. The van der Waals surface area contributed by atoms with E-state index in [0.29, 0.717) is 10.8 Å². The molecule has 0 aliphatic carbocycles. The summed E-state index contributed by atoms with van der Waals surface area (Å²) in [5, 5.41) is 0.493. The minimum absolute atomic E-state index is 0.0162. The summed E-state index contributed by atoms with van der Waals surface area (Å²) in [7, 11) is 0. The van der Waals surface area contributed by atoms with E-state index < -0.39 is 6.16 Å². The van der Waals surface area contributed by atoms with E-state index in [0.717, 1.165) is 0 Å². The monoisotopic (exact) mass is 336 g/mol. The molecule has 0 heterocycles. The molecule has 0 bridgehead atoms. The highest BCUT2D eigenvalue weighted by Gasteiger charge is 2.04. The smallest absolute Gasteiger partial charge is 0.421 e. The third-order valence-corrected chi connectivity index (χ3v) is 1.94. The molecule has 0 aliphatic heterocycles. The Bertz CT molecular complexity index is 409. The minimum atomic E-state index is -0.795. The molecule has 0 N–H and O–H groups in total. The van der Waals surface area contributed by atoms with Crippen LogP contribution in [0, 0.1) is 9.85 Å². The molecule has 0 fully saturated rings. The SMILES string of the molecule is O=C(OCC#CI)Oc1cccc(Cl)c1. The molecule has 0 saturated heterocycles. The van der Waals surface area contributed by atoms with Crippen LogP contribution in [0.4, 0.5) is 4.79 Å². The van der Waals surface area contributed by atoms with E-state index in [1.165, 1.54) is 6.07 Å². The van der Waals surface area contributed by atoms with Gasteiger partial charge < -0.3 is 9.47 Å². The molecule has 0 unspecified atom stereocenters. The van der Waals surface area contributed by atoms with Crippen LogP contribution in [0.15, 0.2) is 24.3 Å². The Morgan fingerprint density at radius 3 is 3.00 bits per heavy atom. The normalized spacial score (nSPS) is 8.67. The molecule has 0 aliphatic rings. The van der Waals surface area contributed by atoms with Crippen molar-refractivity contribution in [3.05, 3.63) is 29.3 Å². The summed E-state index contributed by atoms with van der Waals surface area (Å²) in [6, 6.07) is 6.49. The lowest BCUT2D eigenvalue weighted by atomic mass is 10.3. The van der Waals surface area contributed by atoms with Gasteiger partial charge in [-0.05, 0) is 22.1 Å². The molecule has 0 spiro atoms. The lowest BCUT2D eigenvalue weighted by Crippen LogP contribution is -2.10. The molecule has 1 aromatic carbocycles. The number of hydrogen-bond acceptors (Lipinski definition) is 3. The number of rotatable bonds is 2. The summed E-state index contributed by atoms with van der Waals surface area (Å²) in [5.41, 5.74) is 0. The second kappa shape index (κ2) is 6.53. The summed E-state index contributed by atoms with van der Waals surface area (Å²) in [6.45, 7) is 0.0162. The van der Waals surface area contributed by atoms with Crippen molar-refractivity contribution >= 4 is 40.3 Å². The topological polar surface area (TPSA) is 35.5 Å². The largest absolute Gasteiger partial charge is 0.514 e. The summed E-state index contributed by atoms with van der Waals surface area (Å²) >= 11 is 7.55. The quantitative estimate of drug-likeness (QED) is 0.360. The maximum absolute atomic E-state index is 11.0. The van der Waals surface area contributed by atoms with Crippen LogP contribution in [0.25, 0.3) is 0 Å². The molecule has 78 valence electrons. The van der Waals surface area contributed by atoms with Crippen LogP contribution in [-0.4, -0.2) is 12.8 Å². The van der Waals surface area contributed by atoms with Crippen molar-refractivity contribution in [2.75, 3.05) is 6.61 Å². The van der Waals surface area contributed by atoms with Gasteiger partial charge in [0.15, 0.2) is 6.61 Å². The van der Waals surface area contributed by atoms with Gasteiger partial charge in [0, 0.05) is 27.6 Å². The molecular formula is C10H6ClIO3. The number of hydrogen-bond donors (Lipinski definition) is 0. The van der Waals surface area contributed by atoms with Crippen molar-refractivity contribution < 1.29 is 14.3 Å². The Morgan fingerprint density at radius 1 is 1.53 bits per heavy atom. The fraction of sp³-hybridized carbons (Fsp3) is 0.100. The van der Waals surface area contributed by atoms with E-state index in [9.17, 15) is 4.79 Å². The van der Waals surface area contributed by atoms with Gasteiger partial charge >= 0.3 is 6.16 Å². The van der Waals surface area contributed by atoms with E-state index in [4.69, 9.17) is 16.3 Å². The first-order valence-corrected chi connectivity index (χ1v) is 5.36. The Balaban J connectivity index is 2.46. The average molecular weight is 337 g/mol. The summed E-state index contributed by atoms with van der Waals surface area (Å²) in [5.74, 6) is 2.91. The number of benzene rings is 1. The van der Waals surface area contributed by atoms with Crippen LogP contribution >= 0.6 is 34.2 Å². The highest BCUT2D eigenvalue weighted by molar-refractivity contribution is 14.1. The van der Waals surface area contributed by atoms with Crippen LogP contribution in [0.3, 0.4) is 0 Å². The summed E-state index contributed by atoms with van der Waals surface area (Å²) in [6.07, 6.45) is -0.795.